The molecule has 0 aromatic rings. The molecule has 12 N–H and O–H groups in total. The molecule has 0 saturated carbocycles. The quantitative estimate of drug-likeness (QED) is 0.155. The fourth-order valence-corrected chi connectivity index (χ4v) is 0. The van der Waals surface area contributed by atoms with Gasteiger partial charge in [0.1, 0.15) is 26.4 Å². The van der Waals surface area contributed by atoms with Gasteiger partial charge < -0.3 is 51.8 Å². The Bertz CT molecular complexity index is 224. The Morgan fingerprint density at radius 1 is 0.478 bits per heavy atom. The van der Waals surface area contributed by atoms with Gasteiger partial charge in [-0.3, -0.25) is 0 Å². The molecule has 0 aliphatic carbocycles. The van der Waals surface area contributed by atoms with Gasteiger partial charge in [-0.1, -0.05) is 0 Å². The first-order chi connectivity index (χ1) is 9.08. The monoisotopic (exact) mass is 578 g/mol. The molecule has 0 bridgehead atoms. The average Bonchev–Trinajstić information content (AvgIpc) is 2.40. The van der Waals surface area contributed by atoms with Crippen molar-refractivity contribution >= 4 is 23.9 Å². The van der Waals surface area contributed by atoms with E-state index in [1.54, 1.807) is 0 Å². The van der Waals surface area contributed by atoms with Crippen LogP contribution in [-0.4, -0.2) is 102 Å². The topological polar surface area (TPSA) is 293 Å². The number of aliphatic hydroxyl groups excluding tert-OH is 4. The minimum Gasteiger partial charge on any atom is -0.480 e. The van der Waals surface area contributed by atoms with E-state index in [1.165, 1.54) is 0 Å². The van der Waals surface area contributed by atoms with Crippen LogP contribution in [0, 0.1) is 31.1 Å². The van der Waals surface area contributed by atoms with Crippen LogP contribution in [0.15, 0.2) is 0 Å². The predicted molar refractivity (Wildman–Crippen MR) is 66.1 cm³/mol. The van der Waals surface area contributed by atoms with E-state index in [0.29, 0.717) is 0 Å². The van der Waals surface area contributed by atoms with Crippen LogP contribution in [0.2, 0.25) is 0 Å². The number of hydrogen-bond acceptors (Lipinski definition) is 8. The van der Waals surface area contributed by atoms with Crippen molar-refractivity contribution < 1.29 is 102 Å². The van der Waals surface area contributed by atoms with E-state index >= 15 is 0 Å². The molecule has 0 aromatic carbocycles. The molecule has 15 heteroatoms. The Kier molecular flexibility index (Phi) is 69.5. The first-order valence-electron chi connectivity index (χ1n) is 4.39. The third-order valence-electron chi connectivity index (χ3n) is 0.541. The van der Waals surface area contributed by atoms with Gasteiger partial charge >= 0.3 is 23.9 Å². The van der Waals surface area contributed by atoms with Crippen molar-refractivity contribution in [3.8, 4) is 0 Å². The SMILES string of the molecule is O.O.O=C(O)CO.O=C(O)CO.O=C(O)CO.O=C(O)CO.[U]. The third kappa shape index (κ3) is 161. The predicted octanol–water partition coefficient (Wildman–Crippen LogP) is -5.40. The molecule has 0 saturated heterocycles. The summed E-state index contributed by atoms with van der Waals surface area (Å²) in [5.74, 6) is -4.76. The summed E-state index contributed by atoms with van der Waals surface area (Å²) in [4.78, 5) is 36.5. The van der Waals surface area contributed by atoms with Gasteiger partial charge in [0.25, 0.3) is 0 Å². The van der Waals surface area contributed by atoms with Crippen molar-refractivity contribution in [1.82, 2.24) is 0 Å². The molecule has 0 radical (unpaired) electrons. The summed E-state index contributed by atoms with van der Waals surface area (Å²) in [5, 5.41) is 60.1. The van der Waals surface area contributed by atoms with Gasteiger partial charge in [-0.2, -0.15) is 0 Å². The van der Waals surface area contributed by atoms with E-state index in [9.17, 15) is 0 Å². The molecule has 0 heterocycles. The number of aliphatic hydroxyl groups is 4. The van der Waals surface area contributed by atoms with Crippen LogP contribution in [0.5, 0.6) is 0 Å². The Hall–Kier alpha value is -1.31. The second kappa shape index (κ2) is 37.2. The van der Waals surface area contributed by atoms with Gasteiger partial charge in [-0.25, -0.2) is 19.2 Å². The van der Waals surface area contributed by atoms with Gasteiger partial charge in [0.05, 0.1) is 0 Å². The number of hydrogen-bond donors (Lipinski definition) is 8. The van der Waals surface area contributed by atoms with Gasteiger partial charge in [-0.15, -0.1) is 0 Å². The second-order valence-corrected chi connectivity index (χ2v) is 2.21. The molecule has 23 heavy (non-hydrogen) atoms. The maximum atomic E-state index is 9.12. The molecule has 0 spiro atoms. The Morgan fingerprint density at radius 3 is 0.522 bits per heavy atom. The first-order valence-corrected chi connectivity index (χ1v) is 4.39. The maximum absolute atomic E-state index is 9.12. The molecule has 0 aromatic heterocycles. The van der Waals surface area contributed by atoms with Crippen LogP contribution in [0.25, 0.3) is 0 Å². The van der Waals surface area contributed by atoms with E-state index in [2.05, 4.69) is 0 Å². The van der Waals surface area contributed by atoms with Gasteiger partial charge in [0.15, 0.2) is 0 Å². The van der Waals surface area contributed by atoms with E-state index in [0.717, 1.165) is 0 Å². The largest absolute Gasteiger partial charge is 0.480 e. The molecular weight excluding hydrogens is 558 g/mol. The van der Waals surface area contributed by atoms with Crippen LogP contribution in [0.1, 0.15) is 0 Å². The molecule has 0 atom stereocenters. The molecule has 140 valence electrons. The third-order valence-corrected chi connectivity index (χ3v) is 0.541. The summed E-state index contributed by atoms with van der Waals surface area (Å²) in [6.45, 7) is -3.11. The first kappa shape index (κ1) is 43.0. The van der Waals surface area contributed by atoms with Crippen LogP contribution < -0.4 is 0 Å². The minimum absolute atomic E-state index is 0. The Labute approximate surface area is 152 Å². The molecule has 0 unspecified atom stereocenters. The fraction of sp³-hybridized carbons (Fsp3) is 0.500. The molecule has 0 aliphatic rings. The van der Waals surface area contributed by atoms with Crippen LogP contribution in [0.3, 0.4) is 0 Å². The van der Waals surface area contributed by atoms with Crippen molar-refractivity contribution in [1.29, 1.82) is 0 Å². The number of carboxylic acids is 4. The summed E-state index contributed by atoms with van der Waals surface area (Å²) in [6.07, 6.45) is 0. The Balaban J connectivity index is -0.0000000284. The van der Waals surface area contributed by atoms with E-state index < -0.39 is 50.3 Å². The van der Waals surface area contributed by atoms with Crippen molar-refractivity contribution in [3.63, 3.8) is 0 Å². The van der Waals surface area contributed by atoms with Crippen molar-refractivity contribution in [2.75, 3.05) is 26.4 Å². The second-order valence-electron chi connectivity index (χ2n) is 2.21. The van der Waals surface area contributed by atoms with E-state index in [-0.39, 0.29) is 42.1 Å². The zero-order valence-corrected chi connectivity index (χ0v) is 15.7. The number of carbonyl (C=O) groups is 4. The molecule has 14 nitrogen and oxygen atoms in total. The zero-order valence-electron chi connectivity index (χ0n) is 11.5. The Morgan fingerprint density at radius 2 is 0.522 bits per heavy atom. The normalized spacial score (nSPS) is 6.43. The zero-order chi connectivity index (χ0) is 17.1. The summed E-state index contributed by atoms with van der Waals surface area (Å²) < 4.78 is 0. The number of carboxylic acid groups (broad SMARTS) is 4. The average molecular weight is 578 g/mol. The standard InChI is InChI=1S/4C2H4O3.2H2O.U/c4*3-1-2(4)5;;;/h4*3H,1H2,(H,4,5);2*1H2;. The van der Waals surface area contributed by atoms with Crippen LogP contribution in [-0.2, 0) is 19.2 Å². The van der Waals surface area contributed by atoms with Crippen LogP contribution in [0.4, 0.5) is 0 Å². The van der Waals surface area contributed by atoms with E-state index in [4.69, 9.17) is 60.0 Å². The molecule has 0 aliphatic heterocycles. The summed E-state index contributed by atoms with van der Waals surface area (Å²) >= 11 is 0. The van der Waals surface area contributed by atoms with Crippen LogP contribution >= 0.6 is 0 Å². The van der Waals surface area contributed by atoms with Gasteiger partial charge in [-0.05, 0) is 0 Å². The van der Waals surface area contributed by atoms with Crippen molar-refractivity contribution in [3.05, 3.63) is 0 Å². The number of rotatable bonds is 4. The van der Waals surface area contributed by atoms with Gasteiger partial charge in [0, 0.05) is 31.1 Å². The van der Waals surface area contributed by atoms with Gasteiger partial charge in [0.2, 0.25) is 0 Å². The molecule has 0 amide bonds. The van der Waals surface area contributed by atoms with Crippen molar-refractivity contribution in [2.24, 2.45) is 0 Å². The molecule has 0 fully saturated rings. The maximum Gasteiger partial charge on any atom is 0.329 e. The number of aliphatic carboxylic acids is 4. The smallest absolute Gasteiger partial charge is 0.329 e. The summed E-state index contributed by atoms with van der Waals surface area (Å²) in [6, 6.07) is 0. The van der Waals surface area contributed by atoms with E-state index in [1.807, 2.05) is 0 Å². The summed E-state index contributed by atoms with van der Waals surface area (Å²) in [5.41, 5.74) is 0. The fourth-order valence-electron chi connectivity index (χ4n) is 0. The summed E-state index contributed by atoms with van der Waals surface area (Å²) in [7, 11) is 0. The molecular formula is C8H20O14U. The van der Waals surface area contributed by atoms with Crippen molar-refractivity contribution in [2.45, 2.75) is 0 Å². The molecule has 0 rings (SSSR count). The minimum atomic E-state index is -1.19.